The van der Waals surface area contributed by atoms with Crippen LogP contribution in [0.3, 0.4) is 0 Å². The number of amides is 5. The third kappa shape index (κ3) is 5.96. The summed E-state index contributed by atoms with van der Waals surface area (Å²) in [6.07, 6.45) is 6.41. The van der Waals surface area contributed by atoms with Crippen molar-refractivity contribution in [3.05, 3.63) is 34.9 Å². The van der Waals surface area contributed by atoms with E-state index in [9.17, 15) is 19.2 Å². The van der Waals surface area contributed by atoms with Crippen LogP contribution in [-0.4, -0.2) is 36.1 Å². The Morgan fingerprint density at radius 2 is 1.61 bits per heavy atom. The van der Waals surface area contributed by atoms with Gasteiger partial charge >= 0.3 is 18.0 Å². The number of benzene rings is 1. The molecule has 1 aromatic rings. The van der Waals surface area contributed by atoms with Gasteiger partial charge in [0.2, 0.25) is 0 Å². The monoisotopic (exact) mass is 476 g/mol. The minimum absolute atomic E-state index is 0.220. The smallest absolute Gasteiger partial charge is 0.321 e. The number of carbonyl (C=O) groups excluding carboxylic acids is 4. The maximum atomic E-state index is 12.4. The molecule has 5 amide bonds. The van der Waals surface area contributed by atoms with Crippen molar-refractivity contribution in [3.63, 3.8) is 0 Å². The average molecular weight is 477 g/mol. The standard InChI is InChI=1S/C23H29ClN4O5/c24-17-3-1-16(2-4-17)18(26-21(25)31)8-20(30)33-12-19(29)27-22(32)28-23-9-13-5-14(10-23)7-15(6-13)11-23/h1-4,13-15,18H,5-12H2,(H3,25,26,31)(H2,27,28,29,32)/t13?,14?,15?,18-,23?/m0/s1. The number of carbonyl (C=O) groups is 4. The molecule has 1 atom stereocenters. The van der Waals surface area contributed by atoms with E-state index in [-0.39, 0.29) is 12.0 Å². The Morgan fingerprint density at radius 1 is 1.03 bits per heavy atom. The van der Waals surface area contributed by atoms with Crippen LogP contribution >= 0.6 is 11.6 Å². The first-order valence-electron chi connectivity index (χ1n) is 11.3. The lowest BCUT2D eigenvalue weighted by atomic mass is 9.53. The molecule has 178 valence electrons. The highest BCUT2D eigenvalue weighted by Gasteiger charge is 2.51. The highest BCUT2D eigenvalue weighted by molar-refractivity contribution is 6.30. The fourth-order valence-corrected chi connectivity index (χ4v) is 6.32. The van der Waals surface area contributed by atoms with Gasteiger partial charge < -0.3 is 21.1 Å². The lowest BCUT2D eigenvalue weighted by Crippen LogP contribution is -2.62. The van der Waals surface area contributed by atoms with E-state index >= 15 is 0 Å². The zero-order valence-corrected chi connectivity index (χ0v) is 19.0. The normalized spacial score (nSPS) is 28.0. The van der Waals surface area contributed by atoms with E-state index in [1.807, 2.05) is 0 Å². The predicted octanol–water partition coefficient (Wildman–Crippen LogP) is 2.78. The molecule has 9 nitrogen and oxygen atoms in total. The van der Waals surface area contributed by atoms with E-state index in [1.54, 1.807) is 24.3 Å². The minimum Gasteiger partial charge on any atom is -0.455 e. The van der Waals surface area contributed by atoms with E-state index in [4.69, 9.17) is 22.1 Å². The number of hydrogen-bond donors (Lipinski definition) is 4. The molecule has 4 saturated carbocycles. The number of urea groups is 2. The Balaban J connectivity index is 1.24. The summed E-state index contributed by atoms with van der Waals surface area (Å²) in [5.41, 5.74) is 5.59. The van der Waals surface area contributed by atoms with Crippen molar-refractivity contribution in [2.45, 2.75) is 56.5 Å². The Bertz CT molecular complexity index is 900. The van der Waals surface area contributed by atoms with Gasteiger partial charge in [0, 0.05) is 10.6 Å². The molecule has 4 fully saturated rings. The molecule has 0 heterocycles. The number of halogens is 1. The van der Waals surface area contributed by atoms with Crippen LogP contribution in [0.2, 0.25) is 5.02 Å². The summed E-state index contributed by atoms with van der Waals surface area (Å²) >= 11 is 5.87. The van der Waals surface area contributed by atoms with Gasteiger partial charge in [0.25, 0.3) is 5.91 Å². The first kappa shape index (κ1) is 23.4. The first-order valence-corrected chi connectivity index (χ1v) is 11.7. The number of imide groups is 1. The molecule has 5 rings (SSSR count). The van der Waals surface area contributed by atoms with E-state index in [0.29, 0.717) is 28.3 Å². The number of nitrogens with two attached hydrogens (primary N) is 1. The lowest BCUT2D eigenvalue weighted by Gasteiger charge is -2.56. The Hall–Kier alpha value is -2.81. The van der Waals surface area contributed by atoms with Gasteiger partial charge in [0.1, 0.15) is 0 Å². The Morgan fingerprint density at radius 3 is 2.15 bits per heavy atom. The Labute approximate surface area is 197 Å². The number of hydrogen-bond acceptors (Lipinski definition) is 5. The van der Waals surface area contributed by atoms with E-state index < -0.39 is 36.6 Å². The van der Waals surface area contributed by atoms with Crippen LogP contribution in [0.1, 0.15) is 56.6 Å². The van der Waals surface area contributed by atoms with Gasteiger partial charge in [0.05, 0.1) is 12.5 Å². The van der Waals surface area contributed by atoms with Crippen LogP contribution < -0.4 is 21.7 Å². The summed E-state index contributed by atoms with van der Waals surface area (Å²) in [6.45, 7) is -0.600. The van der Waals surface area contributed by atoms with Gasteiger partial charge in [0.15, 0.2) is 6.61 Å². The summed E-state index contributed by atoms with van der Waals surface area (Å²) < 4.78 is 5.01. The van der Waals surface area contributed by atoms with Crippen molar-refractivity contribution in [2.24, 2.45) is 23.5 Å². The largest absolute Gasteiger partial charge is 0.455 e. The third-order valence-electron chi connectivity index (χ3n) is 6.99. The molecule has 4 aliphatic rings. The number of ether oxygens (including phenoxy) is 1. The number of nitrogens with one attached hydrogen (secondary N) is 3. The number of esters is 1. The first-order chi connectivity index (χ1) is 15.7. The minimum atomic E-state index is -0.804. The molecule has 33 heavy (non-hydrogen) atoms. The van der Waals surface area contributed by atoms with Gasteiger partial charge in [-0.15, -0.1) is 0 Å². The molecular weight excluding hydrogens is 448 g/mol. The molecular formula is C23H29ClN4O5. The quantitative estimate of drug-likeness (QED) is 0.448. The van der Waals surface area contributed by atoms with Crippen LogP contribution in [0.4, 0.5) is 9.59 Å². The van der Waals surface area contributed by atoms with Crippen molar-refractivity contribution in [2.75, 3.05) is 6.61 Å². The molecule has 0 saturated heterocycles. The van der Waals surface area contributed by atoms with Crippen molar-refractivity contribution in [3.8, 4) is 0 Å². The zero-order valence-electron chi connectivity index (χ0n) is 18.3. The molecule has 0 aromatic heterocycles. The highest BCUT2D eigenvalue weighted by Crippen LogP contribution is 2.55. The summed E-state index contributed by atoms with van der Waals surface area (Å²) in [7, 11) is 0. The van der Waals surface area contributed by atoms with Crippen LogP contribution in [0, 0.1) is 17.8 Å². The van der Waals surface area contributed by atoms with E-state index in [0.717, 1.165) is 19.3 Å². The van der Waals surface area contributed by atoms with E-state index in [1.165, 1.54) is 19.3 Å². The van der Waals surface area contributed by atoms with Crippen molar-refractivity contribution >= 4 is 35.5 Å². The summed E-state index contributed by atoms with van der Waals surface area (Å²) in [5.74, 6) is 0.555. The van der Waals surface area contributed by atoms with Crippen LogP contribution in [-0.2, 0) is 14.3 Å². The van der Waals surface area contributed by atoms with Crippen LogP contribution in [0.15, 0.2) is 24.3 Å². The SMILES string of the molecule is NC(=O)N[C@@H](CC(=O)OCC(=O)NC(=O)NC12CC3CC(CC(C3)C1)C2)c1ccc(Cl)cc1. The van der Waals surface area contributed by atoms with Gasteiger partial charge in [-0.3, -0.25) is 14.9 Å². The van der Waals surface area contributed by atoms with Crippen molar-refractivity contribution < 1.29 is 23.9 Å². The van der Waals surface area contributed by atoms with Gasteiger partial charge in [-0.05, 0) is 74.0 Å². The second kappa shape index (κ2) is 9.59. The second-order valence-electron chi connectivity index (χ2n) is 9.68. The maximum Gasteiger partial charge on any atom is 0.321 e. The highest BCUT2D eigenvalue weighted by atomic mass is 35.5. The van der Waals surface area contributed by atoms with Crippen molar-refractivity contribution in [1.82, 2.24) is 16.0 Å². The molecule has 0 radical (unpaired) electrons. The molecule has 0 unspecified atom stereocenters. The molecule has 10 heteroatoms. The van der Waals surface area contributed by atoms with Crippen LogP contribution in [0.5, 0.6) is 0 Å². The molecule has 1 aromatic carbocycles. The van der Waals surface area contributed by atoms with Gasteiger partial charge in [-0.2, -0.15) is 0 Å². The fourth-order valence-electron chi connectivity index (χ4n) is 6.19. The molecule has 0 aliphatic heterocycles. The molecule has 0 spiro atoms. The van der Waals surface area contributed by atoms with Gasteiger partial charge in [-0.25, -0.2) is 9.59 Å². The van der Waals surface area contributed by atoms with Crippen molar-refractivity contribution in [1.29, 1.82) is 0 Å². The lowest BCUT2D eigenvalue weighted by molar-refractivity contribution is -0.148. The predicted molar refractivity (Wildman–Crippen MR) is 120 cm³/mol. The third-order valence-corrected chi connectivity index (χ3v) is 7.25. The number of primary amides is 1. The maximum absolute atomic E-state index is 12.4. The van der Waals surface area contributed by atoms with Crippen LogP contribution in [0.25, 0.3) is 0 Å². The molecule has 4 bridgehead atoms. The summed E-state index contributed by atoms with van der Waals surface area (Å²) in [4.78, 5) is 48.1. The van der Waals surface area contributed by atoms with E-state index in [2.05, 4.69) is 16.0 Å². The number of rotatable bonds is 7. The fraction of sp³-hybridized carbons (Fsp3) is 0.565. The zero-order chi connectivity index (χ0) is 23.6. The second-order valence-corrected chi connectivity index (χ2v) is 10.1. The summed E-state index contributed by atoms with van der Waals surface area (Å²) in [5, 5.41) is 8.27. The molecule has 4 aliphatic carbocycles. The topological polar surface area (TPSA) is 140 Å². The summed E-state index contributed by atoms with van der Waals surface area (Å²) in [6, 6.07) is 4.45. The molecule has 5 N–H and O–H groups in total. The Kier molecular flexibility index (Phi) is 6.78. The average Bonchev–Trinajstić information content (AvgIpc) is 2.70. The van der Waals surface area contributed by atoms with Gasteiger partial charge in [-0.1, -0.05) is 23.7 Å².